The number of allylic oxidation sites excluding steroid dienone is 2. The van der Waals surface area contributed by atoms with Gasteiger partial charge in [0.25, 0.3) is 0 Å². The summed E-state index contributed by atoms with van der Waals surface area (Å²) in [5, 5.41) is 6.11. The molecule has 134 valence electrons. The van der Waals surface area contributed by atoms with Crippen molar-refractivity contribution in [3.05, 3.63) is 65.9 Å². The van der Waals surface area contributed by atoms with E-state index in [4.69, 9.17) is 9.73 Å². The van der Waals surface area contributed by atoms with Crippen molar-refractivity contribution in [2.45, 2.75) is 17.7 Å². The molecule has 1 N–H and O–H groups in total. The Balaban J connectivity index is 1.61. The number of nitrogens with one attached hydrogen (secondary N) is 1. The maximum absolute atomic E-state index is 5.70. The molecule has 2 aliphatic rings. The van der Waals surface area contributed by atoms with Gasteiger partial charge in [-0.15, -0.1) is 11.8 Å². The molecule has 0 saturated carbocycles. The molecule has 0 fully saturated rings. The lowest BCUT2D eigenvalue weighted by Crippen LogP contribution is -2.37. The molecular formula is C22H24N2OS. The molecule has 0 bridgehead atoms. The van der Waals surface area contributed by atoms with Gasteiger partial charge in [0.05, 0.1) is 7.11 Å². The first-order valence-electron chi connectivity index (χ1n) is 9.19. The number of ether oxygens (including phenoxy) is 1. The van der Waals surface area contributed by atoms with E-state index in [1.54, 1.807) is 7.11 Å². The Morgan fingerprint density at radius 3 is 2.92 bits per heavy atom. The zero-order chi connectivity index (χ0) is 17.8. The Morgan fingerprint density at radius 1 is 1.19 bits per heavy atom. The highest BCUT2D eigenvalue weighted by molar-refractivity contribution is 7.99. The minimum absolute atomic E-state index is 0.303. The molecule has 26 heavy (non-hydrogen) atoms. The van der Waals surface area contributed by atoms with Crippen LogP contribution >= 0.6 is 11.8 Å². The van der Waals surface area contributed by atoms with Crippen molar-refractivity contribution in [2.75, 3.05) is 26.0 Å². The standard InChI is InChI=1S/C22H24N2OS/c1-25-20-11-5-10-18(22-23-13-6-14-24-22)19(20)15-26-21-12-4-8-16-7-2-3-9-17(16)21/h2-5,7-9,11-12,18H,6,10,13-15H2,1H3,(H,23,24). The van der Waals surface area contributed by atoms with Crippen LogP contribution in [-0.4, -0.2) is 31.8 Å². The predicted octanol–water partition coefficient (Wildman–Crippen LogP) is 4.80. The summed E-state index contributed by atoms with van der Waals surface area (Å²) >= 11 is 1.89. The maximum atomic E-state index is 5.70. The van der Waals surface area contributed by atoms with E-state index in [0.29, 0.717) is 5.92 Å². The molecule has 1 aliphatic carbocycles. The molecule has 1 atom stereocenters. The Morgan fingerprint density at radius 2 is 2.08 bits per heavy atom. The van der Waals surface area contributed by atoms with Crippen LogP contribution in [0.15, 0.2) is 75.8 Å². The summed E-state index contributed by atoms with van der Waals surface area (Å²) in [5.74, 6) is 3.33. The Labute approximate surface area is 159 Å². The summed E-state index contributed by atoms with van der Waals surface area (Å²) in [6, 6.07) is 15.1. The highest BCUT2D eigenvalue weighted by Crippen LogP contribution is 2.35. The molecule has 1 aliphatic heterocycles. The molecule has 0 saturated heterocycles. The lowest BCUT2D eigenvalue weighted by atomic mass is 9.89. The lowest BCUT2D eigenvalue weighted by Gasteiger charge is -2.28. The van der Waals surface area contributed by atoms with E-state index in [2.05, 4.69) is 59.9 Å². The number of rotatable bonds is 5. The zero-order valence-electron chi connectivity index (χ0n) is 15.1. The summed E-state index contributed by atoms with van der Waals surface area (Å²) in [5.41, 5.74) is 1.33. The summed E-state index contributed by atoms with van der Waals surface area (Å²) in [7, 11) is 1.76. The second-order valence-electron chi connectivity index (χ2n) is 6.60. The molecule has 0 radical (unpaired) electrons. The molecule has 1 unspecified atom stereocenters. The van der Waals surface area contributed by atoms with Crippen molar-refractivity contribution in [2.24, 2.45) is 10.9 Å². The summed E-state index contributed by atoms with van der Waals surface area (Å²) in [4.78, 5) is 6.07. The monoisotopic (exact) mass is 364 g/mol. The molecule has 2 aromatic carbocycles. The fourth-order valence-electron chi connectivity index (χ4n) is 3.64. The number of thioether (sulfide) groups is 1. The second-order valence-corrected chi connectivity index (χ2v) is 7.61. The Bertz CT molecular complexity index is 879. The van der Waals surface area contributed by atoms with Crippen molar-refractivity contribution in [1.82, 2.24) is 5.32 Å². The molecule has 4 rings (SSSR count). The lowest BCUT2D eigenvalue weighted by molar-refractivity contribution is 0.297. The van der Waals surface area contributed by atoms with Gasteiger partial charge < -0.3 is 10.1 Å². The third-order valence-corrected chi connectivity index (χ3v) is 6.11. The van der Waals surface area contributed by atoms with Crippen LogP contribution in [0, 0.1) is 5.92 Å². The van der Waals surface area contributed by atoms with Gasteiger partial charge in [0, 0.05) is 29.7 Å². The maximum Gasteiger partial charge on any atom is 0.119 e. The Kier molecular flexibility index (Phi) is 5.30. The molecule has 0 amide bonds. The van der Waals surface area contributed by atoms with E-state index < -0.39 is 0 Å². The van der Waals surface area contributed by atoms with Crippen molar-refractivity contribution >= 4 is 28.4 Å². The highest BCUT2D eigenvalue weighted by Gasteiger charge is 2.26. The number of fused-ring (bicyclic) bond motifs is 1. The van der Waals surface area contributed by atoms with E-state index in [1.165, 1.54) is 21.2 Å². The van der Waals surface area contributed by atoms with Gasteiger partial charge in [0.1, 0.15) is 11.6 Å². The van der Waals surface area contributed by atoms with E-state index in [1.807, 2.05) is 11.8 Å². The van der Waals surface area contributed by atoms with Crippen molar-refractivity contribution in [3.63, 3.8) is 0 Å². The topological polar surface area (TPSA) is 33.6 Å². The largest absolute Gasteiger partial charge is 0.497 e. The molecule has 3 nitrogen and oxygen atoms in total. The van der Waals surface area contributed by atoms with Crippen molar-refractivity contribution in [1.29, 1.82) is 0 Å². The molecule has 0 spiro atoms. The molecule has 0 aromatic heterocycles. The summed E-state index contributed by atoms with van der Waals surface area (Å²) in [6.45, 7) is 1.94. The summed E-state index contributed by atoms with van der Waals surface area (Å²) < 4.78 is 5.70. The number of nitrogens with zero attached hydrogens (tertiary/aromatic N) is 1. The van der Waals surface area contributed by atoms with Gasteiger partial charge in [-0.25, -0.2) is 0 Å². The third-order valence-electron chi connectivity index (χ3n) is 4.98. The average Bonchev–Trinajstić information content (AvgIpc) is 2.72. The van der Waals surface area contributed by atoms with Gasteiger partial charge in [0.15, 0.2) is 0 Å². The van der Waals surface area contributed by atoms with Crippen LogP contribution < -0.4 is 5.32 Å². The average molecular weight is 365 g/mol. The highest BCUT2D eigenvalue weighted by atomic mass is 32.2. The van der Waals surface area contributed by atoms with Crippen LogP contribution in [0.25, 0.3) is 10.8 Å². The van der Waals surface area contributed by atoms with Crippen LogP contribution in [0.2, 0.25) is 0 Å². The van der Waals surface area contributed by atoms with Gasteiger partial charge in [0.2, 0.25) is 0 Å². The molecule has 2 aromatic rings. The van der Waals surface area contributed by atoms with E-state index >= 15 is 0 Å². The van der Waals surface area contributed by atoms with E-state index in [-0.39, 0.29) is 0 Å². The number of methoxy groups -OCH3 is 1. The third kappa shape index (κ3) is 3.51. The fourth-order valence-corrected chi connectivity index (χ4v) is 4.81. The number of amidine groups is 1. The smallest absolute Gasteiger partial charge is 0.119 e. The van der Waals surface area contributed by atoms with Crippen LogP contribution in [0.5, 0.6) is 0 Å². The number of benzene rings is 2. The first-order chi connectivity index (χ1) is 12.9. The van der Waals surface area contributed by atoms with Gasteiger partial charge >= 0.3 is 0 Å². The molecule has 1 heterocycles. The van der Waals surface area contributed by atoms with Crippen LogP contribution in [0.3, 0.4) is 0 Å². The minimum Gasteiger partial charge on any atom is -0.497 e. The number of aliphatic imine (C=N–C) groups is 1. The number of hydrogen-bond donors (Lipinski definition) is 1. The second kappa shape index (κ2) is 8.00. The van der Waals surface area contributed by atoms with Gasteiger partial charge in [-0.1, -0.05) is 42.5 Å². The number of hydrogen-bond acceptors (Lipinski definition) is 4. The van der Waals surface area contributed by atoms with Crippen LogP contribution in [0.4, 0.5) is 0 Å². The van der Waals surface area contributed by atoms with E-state index in [9.17, 15) is 0 Å². The quantitative estimate of drug-likeness (QED) is 0.774. The molecule has 4 heteroatoms. The Hall–Kier alpha value is -2.20. The van der Waals surface area contributed by atoms with Gasteiger partial charge in [-0.05, 0) is 41.3 Å². The van der Waals surface area contributed by atoms with Gasteiger partial charge in [-0.2, -0.15) is 0 Å². The predicted molar refractivity (Wildman–Crippen MR) is 111 cm³/mol. The SMILES string of the molecule is COC1=C(CSc2cccc3ccccc23)C(C2=NCCCN2)CC=C1. The normalized spacial score (nSPS) is 20.0. The molecular weight excluding hydrogens is 340 g/mol. The first kappa shape index (κ1) is 17.2. The van der Waals surface area contributed by atoms with Crippen molar-refractivity contribution < 1.29 is 4.74 Å². The van der Waals surface area contributed by atoms with Crippen molar-refractivity contribution in [3.8, 4) is 0 Å². The van der Waals surface area contributed by atoms with E-state index in [0.717, 1.165) is 43.3 Å². The first-order valence-corrected chi connectivity index (χ1v) is 10.2. The minimum atomic E-state index is 0.303. The zero-order valence-corrected chi connectivity index (χ0v) is 15.9. The summed E-state index contributed by atoms with van der Waals surface area (Å²) in [6.07, 6.45) is 6.42. The van der Waals surface area contributed by atoms with Crippen LogP contribution in [-0.2, 0) is 4.74 Å². The fraction of sp³-hybridized carbons (Fsp3) is 0.318. The van der Waals surface area contributed by atoms with Gasteiger partial charge in [-0.3, -0.25) is 4.99 Å². The van der Waals surface area contributed by atoms with Crippen LogP contribution in [0.1, 0.15) is 12.8 Å².